The summed E-state index contributed by atoms with van der Waals surface area (Å²) in [6.07, 6.45) is 4.51. The summed E-state index contributed by atoms with van der Waals surface area (Å²) in [5.74, 6) is -1.04. The summed E-state index contributed by atoms with van der Waals surface area (Å²) in [4.78, 5) is 26.5. The molecule has 0 radical (unpaired) electrons. The number of carbonyl (C=O) groups excluding carboxylic acids is 2. The number of fused-ring (bicyclic) bond motifs is 1. The largest absolute Gasteiger partial charge is 0.466 e. The van der Waals surface area contributed by atoms with Gasteiger partial charge in [0.2, 0.25) is 0 Å². The molecule has 0 aliphatic rings. The van der Waals surface area contributed by atoms with Crippen molar-refractivity contribution in [3.05, 3.63) is 72.3 Å². The maximum absolute atomic E-state index is 13.4. The highest BCUT2D eigenvalue weighted by Gasteiger charge is 2.31. The average Bonchev–Trinajstić information content (AvgIpc) is 2.91. The molecule has 0 aliphatic heterocycles. The minimum Gasteiger partial charge on any atom is -0.466 e. The lowest BCUT2D eigenvalue weighted by Crippen LogP contribution is -2.32. The molecule has 3 rings (SSSR count). The van der Waals surface area contributed by atoms with Crippen molar-refractivity contribution in [2.75, 3.05) is 6.61 Å². The maximum Gasteiger partial charge on any atom is 0.309 e. The third-order valence-electron chi connectivity index (χ3n) is 7.48. The summed E-state index contributed by atoms with van der Waals surface area (Å²) in [5.41, 5.74) is 3.02. The molecule has 0 unspecified atom stereocenters. The van der Waals surface area contributed by atoms with Gasteiger partial charge >= 0.3 is 11.9 Å². The first kappa shape index (κ1) is 32.6. The van der Waals surface area contributed by atoms with E-state index in [4.69, 9.17) is 9.47 Å². The first-order valence-electron chi connectivity index (χ1n) is 15.3. The maximum atomic E-state index is 13.4. The van der Waals surface area contributed by atoms with E-state index in [0.29, 0.717) is 19.4 Å². The van der Waals surface area contributed by atoms with Gasteiger partial charge in [0.25, 0.3) is 0 Å². The number of hydrogen-bond acceptors (Lipinski definition) is 4. The standard InChI is InChI=1S/C36H50O4Si/c1-8-9-13-30(35(38)40-36(2,3)4)26-31(34(37)39-24-25-41(5,6)7)23-20-27-18-21-29(22-19-27)33-17-12-15-28-14-10-11-16-32(28)33/h10-12,14-19,21-22,30-31H,8-9,13,20,23-26H2,1-7H3/t30-,31-/m0/s1. The van der Waals surface area contributed by atoms with Crippen LogP contribution in [0.5, 0.6) is 0 Å². The molecular formula is C36H50O4Si. The summed E-state index contributed by atoms with van der Waals surface area (Å²) in [6.45, 7) is 15.1. The van der Waals surface area contributed by atoms with Crippen LogP contribution in [-0.2, 0) is 25.5 Å². The van der Waals surface area contributed by atoms with Crippen LogP contribution < -0.4 is 0 Å². The molecule has 0 saturated carbocycles. The minimum absolute atomic E-state index is 0.180. The van der Waals surface area contributed by atoms with Crippen LogP contribution in [0.25, 0.3) is 21.9 Å². The van der Waals surface area contributed by atoms with Gasteiger partial charge in [-0.1, -0.05) is 106 Å². The fraction of sp³-hybridized carbons (Fsp3) is 0.500. The van der Waals surface area contributed by atoms with Crippen LogP contribution in [0.1, 0.15) is 65.4 Å². The number of carbonyl (C=O) groups is 2. The number of esters is 2. The Balaban J connectivity index is 1.75. The Hall–Kier alpha value is -2.92. The third-order valence-corrected chi connectivity index (χ3v) is 9.19. The quantitative estimate of drug-likeness (QED) is 0.142. The lowest BCUT2D eigenvalue weighted by Gasteiger charge is -2.26. The van der Waals surface area contributed by atoms with E-state index in [1.807, 2.05) is 20.8 Å². The van der Waals surface area contributed by atoms with Gasteiger partial charge in [-0.05, 0) is 80.0 Å². The molecule has 0 aliphatic carbocycles. The monoisotopic (exact) mass is 574 g/mol. The van der Waals surface area contributed by atoms with E-state index in [-0.39, 0.29) is 23.8 Å². The predicted molar refractivity (Wildman–Crippen MR) is 174 cm³/mol. The summed E-state index contributed by atoms with van der Waals surface area (Å²) in [7, 11) is -1.33. The molecule has 0 saturated heterocycles. The fourth-order valence-electron chi connectivity index (χ4n) is 5.09. The molecule has 0 amide bonds. The van der Waals surface area contributed by atoms with Gasteiger partial charge in [-0.25, -0.2) is 0 Å². The van der Waals surface area contributed by atoms with Crippen molar-refractivity contribution in [1.29, 1.82) is 0 Å². The Morgan fingerprint density at radius 3 is 2.15 bits per heavy atom. The molecule has 4 nitrogen and oxygen atoms in total. The molecule has 0 bridgehead atoms. The van der Waals surface area contributed by atoms with Crippen molar-refractivity contribution >= 4 is 30.8 Å². The summed E-state index contributed by atoms with van der Waals surface area (Å²) in [6, 6.07) is 24.4. The van der Waals surface area contributed by atoms with Crippen molar-refractivity contribution in [2.24, 2.45) is 11.8 Å². The van der Waals surface area contributed by atoms with Gasteiger partial charge in [-0.2, -0.15) is 0 Å². The van der Waals surface area contributed by atoms with Crippen LogP contribution in [0.2, 0.25) is 25.7 Å². The Bertz CT molecular complexity index is 1260. The Labute approximate surface area is 248 Å². The van der Waals surface area contributed by atoms with Crippen molar-refractivity contribution in [3.8, 4) is 11.1 Å². The second kappa shape index (κ2) is 14.8. The predicted octanol–water partition coefficient (Wildman–Crippen LogP) is 9.48. The lowest BCUT2D eigenvalue weighted by atomic mass is 9.86. The zero-order valence-corrected chi connectivity index (χ0v) is 27.3. The van der Waals surface area contributed by atoms with Gasteiger partial charge in [0.05, 0.1) is 18.4 Å². The van der Waals surface area contributed by atoms with Gasteiger partial charge in [0.15, 0.2) is 0 Å². The van der Waals surface area contributed by atoms with Gasteiger partial charge in [-0.3, -0.25) is 9.59 Å². The zero-order valence-electron chi connectivity index (χ0n) is 26.3. The molecule has 0 N–H and O–H groups in total. The molecule has 5 heteroatoms. The van der Waals surface area contributed by atoms with Crippen LogP contribution in [0.3, 0.4) is 0 Å². The smallest absolute Gasteiger partial charge is 0.309 e. The number of ether oxygens (including phenoxy) is 2. The van der Waals surface area contributed by atoms with Crippen LogP contribution in [0.4, 0.5) is 0 Å². The normalized spacial score (nSPS) is 13.5. The second-order valence-corrected chi connectivity index (χ2v) is 19.2. The molecule has 41 heavy (non-hydrogen) atoms. The lowest BCUT2D eigenvalue weighted by molar-refractivity contribution is -0.162. The number of hydrogen-bond donors (Lipinski definition) is 0. The molecular weight excluding hydrogens is 524 g/mol. The Kier molecular flexibility index (Phi) is 11.8. The van der Waals surface area contributed by atoms with Crippen LogP contribution in [0, 0.1) is 11.8 Å². The molecule has 2 atom stereocenters. The molecule has 3 aromatic carbocycles. The van der Waals surface area contributed by atoms with E-state index < -0.39 is 13.7 Å². The zero-order chi connectivity index (χ0) is 30.0. The van der Waals surface area contributed by atoms with Gasteiger partial charge in [-0.15, -0.1) is 0 Å². The average molecular weight is 575 g/mol. The number of unbranched alkanes of at least 4 members (excludes halogenated alkanes) is 1. The van der Waals surface area contributed by atoms with Crippen LogP contribution in [0.15, 0.2) is 66.7 Å². The van der Waals surface area contributed by atoms with E-state index in [2.05, 4.69) is 93.3 Å². The van der Waals surface area contributed by atoms with Crippen molar-refractivity contribution in [3.63, 3.8) is 0 Å². The summed E-state index contributed by atoms with van der Waals surface area (Å²) < 4.78 is 11.6. The van der Waals surface area contributed by atoms with E-state index >= 15 is 0 Å². The number of benzene rings is 3. The summed E-state index contributed by atoms with van der Waals surface area (Å²) >= 11 is 0. The van der Waals surface area contributed by atoms with Crippen LogP contribution >= 0.6 is 0 Å². The Morgan fingerprint density at radius 1 is 0.829 bits per heavy atom. The molecule has 0 spiro atoms. The first-order valence-corrected chi connectivity index (χ1v) is 19.0. The first-order chi connectivity index (χ1) is 19.4. The highest BCUT2D eigenvalue weighted by Crippen LogP contribution is 2.30. The molecule has 0 aromatic heterocycles. The number of aryl methyl sites for hydroxylation is 1. The minimum atomic E-state index is -1.33. The highest BCUT2D eigenvalue weighted by atomic mass is 28.3. The molecule has 222 valence electrons. The molecule has 0 fully saturated rings. The molecule has 3 aromatic rings. The van der Waals surface area contributed by atoms with Crippen molar-refractivity contribution < 1.29 is 19.1 Å². The van der Waals surface area contributed by atoms with Gasteiger partial charge < -0.3 is 9.47 Å². The Morgan fingerprint density at radius 2 is 1.49 bits per heavy atom. The SMILES string of the molecule is CCCC[C@@H](C[C@H](CCc1ccc(-c2cccc3ccccc23)cc1)C(=O)OCC[Si](C)(C)C)C(=O)OC(C)(C)C. The van der Waals surface area contributed by atoms with Crippen molar-refractivity contribution in [2.45, 2.75) is 97.5 Å². The molecule has 0 heterocycles. The van der Waals surface area contributed by atoms with E-state index in [9.17, 15) is 9.59 Å². The fourth-order valence-corrected chi connectivity index (χ4v) is 5.80. The van der Waals surface area contributed by atoms with E-state index in [1.54, 1.807) is 0 Å². The van der Waals surface area contributed by atoms with Gasteiger partial charge in [0.1, 0.15) is 5.60 Å². The third kappa shape index (κ3) is 10.8. The van der Waals surface area contributed by atoms with E-state index in [0.717, 1.165) is 31.7 Å². The topological polar surface area (TPSA) is 52.6 Å². The number of rotatable bonds is 14. The van der Waals surface area contributed by atoms with E-state index in [1.165, 1.54) is 27.5 Å². The van der Waals surface area contributed by atoms with Crippen molar-refractivity contribution in [1.82, 2.24) is 0 Å². The van der Waals surface area contributed by atoms with Gasteiger partial charge in [0, 0.05) is 8.07 Å². The van der Waals surface area contributed by atoms with Crippen LogP contribution in [-0.4, -0.2) is 32.2 Å². The highest BCUT2D eigenvalue weighted by molar-refractivity contribution is 6.76. The summed E-state index contributed by atoms with van der Waals surface area (Å²) in [5, 5.41) is 2.47. The second-order valence-electron chi connectivity index (χ2n) is 13.5.